The van der Waals surface area contributed by atoms with Gasteiger partial charge in [0.25, 0.3) is 0 Å². The third-order valence-corrected chi connectivity index (χ3v) is 4.69. The first-order valence-corrected chi connectivity index (χ1v) is 8.64. The van der Waals surface area contributed by atoms with Gasteiger partial charge in [0.1, 0.15) is 10.5 Å². The van der Waals surface area contributed by atoms with Crippen molar-refractivity contribution in [2.45, 2.75) is 11.6 Å². The van der Waals surface area contributed by atoms with Crippen molar-refractivity contribution in [3.63, 3.8) is 0 Å². The Labute approximate surface area is 154 Å². The Morgan fingerprint density at radius 1 is 0.885 bits per heavy atom. The molecule has 3 aromatic heterocycles. The number of para-hydroxylation sites is 2. The largest absolute Gasteiger partial charge is 0.350 e. The number of hydrogen-bond acceptors (Lipinski definition) is 6. The standard InChI is InChI=1S/C19H14N6S/c26-18-16-17(22-10-21-16)24-19(25-18)20-9-13-11-5-1-3-7-14(11)23-15-8-4-2-6-12(13)15/h1-8,10H,9H2,(H3,20,21,22,24,25,26). The van der Waals surface area contributed by atoms with E-state index in [9.17, 15) is 0 Å². The van der Waals surface area contributed by atoms with Crippen LogP contribution in [0.4, 0.5) is 5.95 Å². The van der Waals surface area contributed by atoms with Crippen LogP contribution in [-0.4, -0.2) is 24.9 Å². The van der Waals surface area contributed by atoms with Crippen molar-refractivity contribution in [1.82, 2.24) is 24.9 Å². The van der Waals surface area contributed by atoms with Gasteiger partial charge in [-0.15, -0.1) is 12.6 Å². The van der Waals surface area contributed by atoms with E-state index in [1.165, 1.54) is 5.56 Å². The number of anilines is 1. The summed E-state index contributed by atoms with van der Waals surface area (Å²) >= 11 is 4.40. The minimum Gasteiger partial charge on any atom is -0.350 e. The van der Waals surface area contributed by atoms with Crippen molar-refractivity contribution in [3.05, 3.63) is 60.4 Å². The Morgan fingerprint density at radius 2 is 1.58 bits per heavy atom. The van der Waals surface area contributed by atoms with Gasteiger partial charge in [-0.3, -0.25) is 0 Å². The monoisotopic (exact) mass is 358 g/mol. The van der Waals surface area contributed by atoms with Crippen LogP contribution in [0, 0.1) is 0 Å². The van der Waals surface area contributed by atoms with Gasteiger partial charge in [-0.2, -0.15) is 4.98 Å². The molecule has 0 fully saturated rings. The number of H-pyrrole nitrogens is 1. The summed E-state index contributed by atoms with van der Waals surface area (Å²) in [5, 5.41) is 6.10. The highest BCUT2D eigenvalue weighted by Gasteiger charge is 2.11. The summed E-state index contributed by atoms with van der Waals surface area (Å²) in [6.45, 7) is 0.580. The first-order valence-electron chi connectivity index (χ1n) is 8.20. The first kappa shape index (κ1) is 15.1. The summed E-state index contributed by atoms with van der Waals surface area (Å²) in [7, 11) is 0. The fourth-order valence-electron chi connectivity index (χ4n) is 3.18. The van der Waals surface area contributed by atoms with E-state index < -0.39 is 0 Å². The van der Waals surface area contributed by atoms with Crippen LogP contribution in [0.2, 0.25) is 0 Å². The van der Waals surface area contributed by atoms with Gasteiger partial charge in [-0.1, -0.05) is 36.4 Å². The topological polar surface area (TPSA) is 79.4 Å². The maximum absolute atomic E-state index is 4.76. The SMILES string of the molecule is Sc1nc(NCc2c3ccccc3nc3ccccc23)nc2[nH]cnc12. The van der Waals surface area contributed by atoms with E-state index in [0.29, 0.717) is 28.7 Å². The van der Waals surface area contributed by atoms with E-state index in [0.717, 1.165) is 21.8 Å². The zero-order valence-corrected chi connectivity index (χ0v) is 14.5. The van der Waals surface area contributed by atoms with Crippen LogP contribution in [0.15, 0.2) is 59.9 Å². The number of thiol groups is 1. The second-order valence-corrected chi connectivity index (χ2v) is 6.37. The van der Waals surface area contributed by atoms with E-state index in [4.69, 9.17) is 4.98 Å². The van der Waals surface area contributed by atoms with Crippen molar-refractivity contribution in [2.75, 3.05) is 5.32 Å². The molecule has 5 aromatic rings. The minimum absolute atomic E-state index is 0.511. The van der Waals surface area contributed by atoms with Crippen LogP contribution >= 0.6 is 12.6 Å². The molecule has 0 radical (unpaired) electrons. The van der Waals surface area contributed by atoms with Gasteiger partial charge < -0.3 is 10.3 Å². The minimum atomic E-state index is 0.511. The molecular formula is C19H14N6S. The molecule has 7 heteroatoms. The van der Waals surface area contributed by atoms with Crippen LogP contribution in [0.3, 0.4) is 0 Å². The van der Waals surface area contributed by atoms with Crippen molar-refractivity contribution in [1.29, 1.82) is 0 Å². The number of hydrogen-bond donors (Lipinski definition) is 3. The molecule has 0 aliphatic rings. The Hall–Kier alpha value is -3.19. The van der Waals surface area contributed by atoms with Crippen LogP contribution in [0.25, 0.3) is 33.0 Å². The van der Waals surface area contributed by atoms with Crippen molar-refractivity contribution in [3.8, 4) is 0 Å². The molecule has 126 valence electrons. The maximum atomic E-state index is 4.76. The molecule has 0 aliphatic carbocycles. The summed E-state index contributed by atoms with van der Waals surface area (Å²) in [5.74, 6) is 0.511. The second kappa shape index (κ2) is 5.96. The molecule has 0 spiro atoms. The number of pyridine rings is 1. The number of fused-ring (bicyclic) bond motifs is 3. The van der Waals surface area contributed by atoms with Gasteiger partial charge in [-0.05, 0) is 17.7 Å². The van der Waals surface area contributed by atoms with Crippen LogP contribution in [0.1, 0.15) is 5.56 Å². The Kier molecular flexibility index (Phi) is 3.46. The predicted molar refractivity (Wildman–Crippen MR) is 106 cm³/mol. The van der Waals surface area contributed by atoms with E-state index in [-0.39, 0.29) is 0 Å². The molecule has 0 saturated carbocycles. The molecule has 0 bridgehead atoms. The lowest BCUT2D eigenvalue weighted by molar-refractivity contribution is 1.03. The molecule has 0 saturated heterocycles. The Bertz CT molecular complexity index is 1210. The highest BCUT2D eigenvalue weighted by atomic mass is 32.1. The van der Waals surface area contributed by atoms with Gasteiger partial charge >= 0.3 is 0 Å². The summed E-state index contributed by atoms with van der Waals surface area (Å²) in [4.78, 5) is 20.8. The van der Waals surface area contributed by atoms with Crippen LogP contribution in [0.5, 0.6) is 0 Å². The fraction of sp³-hybridized carbons (Fsp3) is 0.0526. The van der Waals surface area contributed by atoms with E-state index >= 15 is 0 Å². The number of benzene rings is 2. The predicted octanol–water partition coefficient (Wildman–Crippen LogP) is 3.96. The molecule has 0 amide bonds. The maximum Gasteiger partial charge on any atom is 0.226 e. The lowest BCUT2D eigenvalue weighted by atomic mass is 10.0. The van der Waals surface area contributed by atoms with Gasteiger partial charge in [-0.25, -0.2) is 15.0 Å². The van der Waals surface area contributed by atoms with Crippen molar-refractivity contribution >= 4 is 51.5 Å². The smallest absolute Gasteiger partial charge is 0.226 e. The average molecular weight is 358 g/mol. The lowest BCUT2D eigenvalue weighted by Gasteiger charge is -2.12. The molecule has 3 heterocycles. The quantitative estimate of drug-likeness (QED) is 0.258. The third-order valence-electron chi connectivity index (χ3n) is 4.38. The zero-order valence-electron chi connectivity index (χ0n) is 13.6. The molecule has 2 aromatic carbocycles. The van der Waals surface area contributed by atoms with Gasteiger partial charge in [0.2, 0.25) is 5.95 Å². The molecule has 0 atom stereocenters. The summed E-state index contributed by atoms with van der Waals surface area (Å²) in [6, 6.07) is 16.3. The summed E-state index contributed by atoms with van der Waals surface area (Å²) < 4.78 is 0. The molecule has 5 rings (SSSR count). The molecule has 6 nitrogen and oxygen atoms in total. The zero-order chi connectivity index (χ0) is 17.5. The van der Waals surface area contributed by atoms with Crippen LogP contribution < -0.4 is 5.32 Å². The Morgan fingerprint density at radius 3 is 2.31 bits per heavy atom. The highest BCUT2D eigenvalue weighted by molar-refractivity contribution is 7.80. The van der Waals surface area contributed by atoms with E-state index in [1.807, 2.05) is 36.4 Å². The van der Waals surface area contributed by atoms with E-state index in [2.05, 4.69) is 50.0 Å². The van der Waals surface area contributed by atoms with E-state index in [1.54, 1.807) is 6.33 Å². The number of nitrogens with zero attached hydrogens (tertiary/aromatic N) is 4. The number of imidazole rings is 1. The number of nitrogens with one attached hydrogen (secondary N) is 2. The molecule has 0 aliphatic heterocycles. The third kappa shape index (κ3) is 2.44. The van der Waals surface area contributed by atoms with Gasteiger partial charge in [0.05, 0.1) is 17.4 Å². The van der Waals surface area contributed by atoms with Crippen molar-refractivity contribution in [2.24, 2.45) is 0 Å². The molecule has 26 heavy (non-hydrogen) atoms. The highest BCUT2D eigenvalue weighted by Crippen LogP contribution is 2.26. The number of aromatic nitrogens is 5. The summed E-state index contributed by atoms with van der Waals surface area (Å²) in [6.07, 6.45) is 1.59. The van der Waals surface area contributed by atoms with Crippen molar-refractivity contribution < 1.29 is 0 Å². The fourth-order valence-corrected chi connectivity index (χ4v) is 3.44. The number of aromatic amines is 1. The first-order chi connectivity index (χ1) is 12.8. The number of rotatable bonds is 3. The summed E-state index contributed by atoms with van der Waals surface area (Å²) in [5.41, 5.74) is 4.45. The molecule has 2 N–H and O–H groups in total. The molecular weight excluding hydrogens is 344 g/mol. The average Bonchev–Trinajstić information content (AvgIpc) is 3.14. The second-order valence-electron chi connectivity index (χ2n) is 5.95. The van der Waals surface area contributed by atoms with Crippen LogP contribution in [-0.2, 0) is 6.54 Å². The molecule has 0 unspecified atom stereocenters. The normalized spacial score (nSPS) is 11.4. The Balaban J connectivity index is 1.61. The van der Waals surface area contributed by atoms with Gasteiger partial charge in [0, 0.05) is 17.3 Å². The lowest BCUT2D eigenvalue weighted by Crippen LogP contribution is -2.06. The van der Waals surface area contributed by atoms with Gasteiger partial charge in [0.15, 0.2) is 5.65 Å².